The first kappa shape index (κ1) is 16.8. The summed E-state index contributed by atoms with van der Waals surface area (Å²) < 4.78 is 8.04. The smallest absolute Gasteiger partial charge is 0.293 e. The van der Waals surface area contributed by atoms with E-state index >= 15 is 0 Å². The molecule has 0 saturated carbocycles. The molecule has 10 heteroatoms. The zero-order valence-electron chi connectivity index (χ0n) is 12.5. The highest BCUT2D eigenvalue weighted by molar-refractivity contribution is 9.10. The topological polar surface area (TPSA) is 88.7 Å². The van der Waals surface area contributed by atoms with E-state index in [9.17, 15) is 4.79 Å². The van der Waals surface area contributed by atoms with Crippen LogP contribution in [0.1, 0.15) is 16.2 Å². The van der Waals surface area contributed by atoms with Crippen LogP contribution >= 0.6 is 39.5 Å². The van der Waals surface area contributed by atoms with Gasteiger partial charge in [-0.2, -0.15) is 5.10 Å². The van der Waals surface area contributed by atoms with Gasteiger partial charge >= 0.3 is 0 Å². The van der Waals surface area contributed by atoms with E-state index in [-0.39, 0.29) is 11.7 Å². The van der Waals surface area contributed by atoms with Gasteiger partial charge in [0.15, 0.2) is 26.2 Å². The molecule has 0 spiro atoms. The number of carbonyl (C=O) groups excluding carboxylic acids is 1. The molecule has 0 aromatic carbocycles. The molecule has 124 valence electrons. The van der Waals surface area contributed by atoms with E-state index < -0.39 is 0 Å². The predicted molar refractivity (Wildman–Crippen MR) is 97.8 cm³/mol. The van der Waals surface area contributed by atoms with E-state index in [1.807, 2.05) is 11.5 Å². The number of rotatable bonds is 5. The summed E-state index contributed by atoms with van der Waals surface area (Å²) in [4.78, 5) is 17.3. The number of nitrogens with one attached hydrogen (secondary N) is 2. The third kappa shape index (κ3) is 3.25. The standard InChI is InChI=1S/C14H12BrN5O2S2/c1-3-6-20-11(18-19-14(20)23)10-7(2)16-13(24-10)17-12(21)8-4-5-9(15)22-8/h3-5H,1,6H2,2H3,(H,19,23)(H,16,17,21). The maximum absolute atomic E-state index is 12.1. The summed E-state index contributed by atoms with van der Waals surface area (Å²) in [6.45, 7) is 6.10. The Morgan fingerprint density at radius 1 is 1.62 bits per heavy atom. The second-order valence-corrected chi connectivity index (χ2v) is 6.91. The van der Waals surface area contributed by atoms with Crippen LogP contribution in [-0.2, 0) is 6.54 Å². The van der Waals surface area contributed by atoms with Gasteiger partial charge in [-0.1, -0.05) is 17.4 Å². The number of nitrogens with zero attached hydrogens (tertiary/aromatic N) is 3. The summed E-state index contributed by atoms with van der Waals surface area (Å²) in [5.41, 5.74) is 0.746. The molecule has 0 aliphatic rings. The lowest BCUT2D eigenvalue weighted by Gasteiger charge is -2.01. The number of amides is 1. The Hall–Kier alpha value is -2.04. The van der Waals surface area contributed by atoms with Crippen molar-refractivity contribution in [2.75, 3.05) is 5.32 Å². The maximum Gasteiger partial charge on any atom is 0.293 e. The van der Waals surface area contributed by atoms with Gasteiger partial charge in [0.25, 0.3) is 5.91 Å². The van der Waals surface area contributed by atoms with Crippen molar-refractivity contribution in [2.24, 2.45) is 0 Å². The number of furan rings is 1. The molecule has 3 aromatic rings. The highest BCUT2D eigenvalue weighted by Crippen LogP contribution is 2.32. The van der Waals surface area contributed by atoms with Gasteiger partial charge in [0.1, 0.15) is 0 Å². The summed E-state index contributed by atoms with van der Waals surface area (Å²) in [6, 6.07) is 3.23. The minimum Gasteiger partial charge on any atom is -0.444 e. The van der Waals surface area contributed by atoms with Crippen LogP contribution in [0.3, 0.4) is 0 Å². The number of hydrogen-bond acceptors (Lipinski definition) is 6. The molecule has 3 rings (SSSR count). The SMILES string of the molecule is C=CCn1c(-c2sc(NC(=O)c3ccc(Br)o3)nc2C)n[nH]c1=S. The molecule has 24 heavy (non-hydrogen) atoms. The summed E-state index contributed by atoms with van der Waals surface area (Å²) in [7, 11) is 0. The minimum atomic E-state index is -0.369. The fraction of sp³-hybridized carbons (Fsp3) is 0.143. The molecule has 0 saturated heterocycles. The Labute approximate surface area is 154 Å². The monoisotopic (exact) mass is 425 g/mol. The lowest BCUT2D eigenvalue weighted by molar-refractivity contribution is 0.0995. The van der Waals surface area contributed by atoms with Gasteiger partial charge in [0, 0.05) is 6.54 Å². The van der Waals surface area contributed by atoms with Gasteiger partial charge in [0.2, 0.25) is 0 Å². The number of H-pyrrole nitrogens is 1. The lowest BCUT2D eigenvalue weighted by Crippen LogP contribution is -2.10. The van der Waals surface area contributed by atoms with Gasteiger partial charge < -0.3 is 4.42 Å². The van der Waals surface area contributed by atoms with Crippen molar-refractivity contribution in [1.82, 2.24) is 19.7 Å². The molecule has 0 bridgehead atoms. The highest BCUT2D eigenvalue weighted by Gasteiger charge is 2.18. The number of anilines is 1. The van der Waals surface area contributed by atoms with Crippen molar-refractivity contribution in [3.63, 3.8) is 0 Å². The minimum absolute atomic E-state index is 0.200. The summed E-state index contributed by atoms with van der Waals surface area (Å²) >= 11 is 9.70. The third-order valence-electron chi connectivity index (χ3n) is 3.09. The molecule has 1 amide bonds. The Bertz CT molecular complexity index is 968. The molecule has 0 unspecified atom stereocenters. The number of allylic oxidation sites excluding steroid dienone is 1. The fourth-order valence-corrected chi connectivity index (χ4v) is 3.52. The highest BCUT2D eigenvalue weighted by atomic mass is 79.9. The van der Waals surface area contributed by atoms with Crippen LogP contribution in [0.15, 0.2) is 33.9 Å². The largest absolute Gasteiger partial charge is 0.444 e. The number of aromatic nitrogens is 4. The second-order valence-electron chi connectivity index (χ2n) is 4.74. The van der Waals surface area contributed by atoms with Crippen LogP contribution in [-0.4, -0.2) is 25.7 Å². The zero-order valence-corrected chi connectivity index (χ0v) is 15.7. The molecular weight excluding hydrogens is 414 g/mol. The van der Waals surface area contributed by atoms with Crippen LogP contribution in [0, 0.1) is 11.7 Å². The van der Waals surface area contributed by atoms with E-state index in [0.29, 0.717) is 26.9 Å². The number of hydrogen-bond donors (Lipinski definition) is 2. The summed E-state index contributed by atoms with van der Waals surface area (Å²) in [5.74, 6) is 0.493. The van der Waals surface area contributed by atoms with Crippen LogP contribution in [0.5, 0.6) is 0 Å². The van der Waals surface area contributed by atoms with Gasteiger partial charge in [-0.15, -0.1) is 6.58 Å². The van der Waals surface area contributed by atoms with Gasteiger partial charge in [-0.05, 0) is 47.2 Å². The predicted octanol–water partition coefficient (Wildman–Crippen LogP) is 4.17. The van der Waals surface area contributed by atoms with Crippen molar-refractivity contribution >= 4 is 50.5 Å². The van der Waals surface area contributed by atoms with Gasteiger partial charge in [-0.25, -0.2) is 4.98 Å². The molecule has 3 aromatic heterocycles. The Kier molecular flexibility index (Phi) is 4.78. The number of aryl methyl sites for hydroxylation is 1. The van der Waals surface area contributed by atoms with Crippen LogP contribution in [0.2, 0.25) is 0 Å². The molecule has 2 N–H and O–H groups in total. The molecule has 0 atom stereocenters. The lowest BCUT2D eigenvalue weighted by atomic mass is 10.3. The molecule has 0 fully saturated rings. The third-order valence-corrected chi connectivity index (χ3v) is 4.89. The van der Waals surface area contributed by atoms with Gasteiger partial charge in [0.05, 0.1) is 10.6 Å². The second kappa shape index (κ2) is 6.83. The quantitative estimate of drug-likeness (QED) is 0.472. The van der Waals surface area contributed by atoms with Crippen LogP contribution in [0.4, 0.5) is 5.13 Å². The molecule has 0 aliphatic carbocycles. The Morgan fingerprint density at radius 3 is 3.08 bits per heavy atom. The molecule has 0 aliphatic heterocycles. The number of carbonyl (C=O) groups is 1. The van der Waals surface area contributed by atoms with Crippen molar-refractivity contribution in [2.45, 2.75) is 13.5 Å². The van der Waals surface area contributed by atoms with Crippen molar-refractivity contribution in [1.29, 1.82) is 0 Å². The first-order valence-electron chi connectivity index (χ1n) is 6.80. The number of aromatic amines is 1. The van der Waals surface area contributed by atoms with E-state index in [1.165, 1.54) is 11.3 Å². The van der Waals surface area contributed by atoms with E-state index in [2.05, 4.69) is 43.0 Å². The van der Waals surface area contributed by atoms with E-state index in [0.717, 1.165) is 10.6 Å². The summed E-state index contributed by atoms with van der Waals surface area (Å²) in [5, 5.41) is 10.2. The van der Waals surface area contributed by atoms with E-state index in [4.69, 9.17) is 16.6 Å². The summed E-state index contributed by atoms with van der Waals surface area (Å²) in [6.07, 6.45) is 1.74. The average molecular weight is 426 g/mol. The normalized spacial score (nSPS) is 10.8. The first-order valence-corrected chi connectivity index (χ1v) is 8.82. The van der Waals surface area contributed by atoms with Gasteiger partial charge in [-0.3, -0.25) is 19.8 Å². The molecule has 7 nitrogen and oxygen atoms in total. The van der Waals surface area contributed by atoms with Crippen molar-refractivity contribution < 1.29 is 9.21 Å². The van der Waals surface area contributed by atoms with Crippen LogP contribution in [0.25, 0.3) is 10.7 Å². The first-order chi connectivity index (χ1) is 11.5. The zero-order chi connectivity index (χ0) is 17.3. The Balaban J connectivity index is 1.89. The maximum atomic E-state index is 12.1. The molecule has 3 heterocycles. The fourth-order valence-electron chi connectivity index (χ4n) is 2.04. The van der Waals surface area contributed by atoms with Crippen LogP contribution < -0.4 is 5.32 Å². The van der Waals surface area contributed by atoms with Crippen molar-refractivity contribution in [3.8, 4) is 10.7 Å². The number of thiazole rings is 1. The molecule has 0 radical (unpaired) electrons. The molecular formula is C14H12BrN5O2S2. The number of halogens is 1. The average Bonchev–Trinajstić information content (AvgIpc) is 3.21. The van der Waals surface area contributed by atoms with E-state index in [1.54, 1.807) is 18.2 Å². The van der Waals surface area contributed by atoms with Crippen molar-refractivity contribution in [3.05, 3.63) is 45.7 Å². The Morgan fingerprint density at radius 2 is 2.42 bits per heavy atom.